The molecule has 0 aliphatic carbocycles. The second-order valence-electron chi connectivity index (χ2n) is 4.95. The Morgan fingerprint density at radius 1 is 1.13 bits per heavy atom. The SMILES string of the molecule is COc1cc(/C=N/Nc2nc3ccccc3nc2C)ccc1O. The molecule has 0 aliphatic heterocycles. The highest BCUT2D eigenvalue weighted by atomic mass is 16.5. The van der Waals surface area contributed by atoms with Gasteiger partial charge >= 0.3 is 0 Å². The lowest BCUT2D eigenvalue weighted by atomic mass is 10.2. The summed E-state index contributed by atoms with van der Waals surface area (Å²) in [4.78, 5) is 8.99. The van der Waals surface area contributed by atoms with Crippen LogP contribution in [0.2, 0.25) is 0 Å². The van der Waals surface area contributed by atoms with E-state index in [1.807, 2.05) is 31.2 Å². The summed E-state index contributed by atoms with van der Waals surface area (Å²) >= 11 is 0. The summed E-state index contributed by atoms with van der Waals surface area (Å²) in [6.07, 6.45) is 1.62. The highest BCUT2D eigenvalue weighted by molar-refractivity contribution is 5.82. The van der Waals surface area contributed by atoms with E-state index in [-0.39, 0.29) is 5.75 Å². The minimum absolute atomic E-state index is 0.0915. The number of fused-ring (bicyclic) bond motifs is 1. The van der Waals surface area contributed by atoms with E-state index in [2.05, 4.69) is 20.5 Å². The Bertz CT molecular complexity index is 878. The number of methoxy groups -OCH3 is 1. The van der Waals surface area contributed by atoms with Crippen LogP contribution in [-0.4, -0.2) is 28.4 Å². The molecule has 3 aromatic rings. The number of aromatic nitrogens is 2. The van der Waals surface area contributed by atoms with Crippen molar-refractivity contribution in [3.63, 3.8) is 0 Å². The number of anilines is 1. The first-order valence-corrected chi connectivity index (χ1v) is 7.07. The van der Waals surface area contributed by atoms with Crippen molar-refractivity contribution in [3.05, 3.63) is 53.7 Å². The second-order valence-corrected chi connectivity index (χ2v) is 4.95. The number of phenolic OH excluding ortho intramolecular Hbond substituents is 1. The Balaban J connectivity index is 1.81. The smallest absolute Gasteiger partial charge is 0.168 e. The fourth-order valence-electron chi connectivity index (χ4n) is 2.14. The van der Waals surface area contributed by atoms with E-state index >= 15 is 0 Å². The monoisotopic (exact) mass is 308 g/mol. The van der Waals surface area contributed by atoms with E-state index in [9.17, 15) is 5.11 Å². The fourth-order valence-corrected chi connectivity index (χ4v) is 2.14. The lowest BCUT2D eigenvalue weighted by molar-refractivity contribution is 0.373. The maximum Gasteiger partial charge on any atom is 0.168 e. The average molecular weight is 308 g/mol. The number of hydrogen-bond acceptors (Lipinski definition) is 6. The van der Waals surface area contributed by atoms with Gasteiger partial charge in [0.15, 0.2) is 17.3 Å². The van der Waals surface area contributed by atoms with Gasteiger partial charge in [0.25, 0.3) is 0 Å². The summed E-state index contributed by atoms with van der Waals surface area (Å²) in [7, 11) is 1.50. The molecular formula is C17H16N4O2. The molecular weight excluding hydrogens is 292 g/mol. The van der Waals surface area contributed by atoms with E-state index < -0.39 is 0 Å². The number of rotatable bonds is 4. The topological polar surface area (TPSA) is 79.6 Å². The Morgan fingerprint density at radius 3 is 2.61 bits per heavy atom. The van der Waals surface area contributed by atoms with Crippen molar-refractivity contribution in [3.8, 4) is 11.5 Å². The van der Waals surface area contributed by atoms with E-state index in [1.165, 1.54) is 7.11 Å². The summed E-state index contributed by atoms with van der Waals surface area (Å²) in [6.45, 7) is 1.88. The molecule has 23 heavy (non-hydrogen) atoms. The van der Waals surface area contributed by atoms with Crippen molar-refractivity contribution in [2.45, 2.75) is 6.92 Å². The van der Waals surface area contributed by atoms with E-state index in [0.29, 0.717) is 11.6 Å². The molecule has 0 fully saturated rings. The summed E-state index contributed by atoms with van der Waals surface area (Å²) in [6, 6.07) is 12.7. The van der Waals surface area contributed by atoms with Crippen molar-refractivity contribution in [1.82, 2.24) is 9.97 Å². The summed E-state index contributed by atoms with van der Waals surface area (Å²) in [5.41, 5.74) is 6.11. The molecule has 0 amide bonds. The highest BCUT2D eigenvalue weighted by Gasteiger charge is 2.04. The number of nitrogens with zero attached hydrogens (tertiary/aromatic N) is 3. The van der Waals surface area contributed by atoms with Crippen LogP contribution in [0.15, 0.2) is 47.6 Å². The predicted octanol–water partition coefficient (Wildman–Crippen LogP) is 3.10. The molecule has 0 saturated heterocycles. The molecule has 6 nitrogen and oxygen atoms in total. The standard InChI is InChI=1S/C17H16N4O2/c1-11-17(20-14-6-4-3-5-13(14)19-11)21-18-10-12-7-8-15(22)16(9-12)23-2/h3-10,22H,1-2H3,(H,20,21)/b18-10+. The third-order valence-electron chi connectivity index (χ3n) is 3.33. The highest BCUT2D eigenvalue weighted by Crippen LogP contribution is 2.25. The van der Waals surface area contributed by atoms with Crippen molar-refractivity contribution >= 4 is 23.1 Å². The van der Waals surface area contributed by atoms with Gasteiger partial charge < -0.3 is 9.84 Å². The lowest BCUT2D eigenvalue weighted by Crippen LogP contribution is -1.99. The molecule has 0 radical (unpaired) electrons. The van der Waals surface area contributed by atoms with E-state index in [0.717, 1.165) is 22.3 Å². The van der Waals surface area contributed by atoms with Crippen molar-refractivity contribution in [1.29, 1.82) is 0 Å². The van der Waals surface area contributed by atoms with Gasteiger partial charge in [0.2, 0.25) is 0 Å². The van der Waals surface area contributed by atoms with Crippen LogP contribution in [0.25, 0.3) is 11.0 Å². The first-order chi connectivity index (χ1) is 11.2. The van der Waals surface area contributed by atoms with Gasteiger partial charge in [-0.05, 0) is 42.8 Å². The summed E-state index contributed by atoms with van der Waals surface area (Å²) in [5, 5.41) is 13.7. The molecule has 2 aromatic carbocycles. The van der Waals surface area contributed by atoms with Gasteiger partial charge in [-0.15, -0.1) is 0 Å². The zero-order valence-electron chi connectivity index (χ0n) is 12.8. The molecule has 0 atom stereocenters. The number of aromatic hydroxyl groups is 1. The van der Waals surface area contributed by atoms with Gasteiger partial charge in [-0.25, -0.2) is 9.97 Å². The molecule has 3 rings (SSSR count). The second kappa shape index (κ2) is 6.31. The van der Waals surface area contributed by atoms with Gasteiger partial charge in [-0.2, -0.15) is 5.10 Å². The molecule has 116 valence electrons. The normalized spacial score (nSPS) is 11.0. The number of aryl methyl sites for hydroxylation is 1. The number of para-hydroxylation sites is 2. The van der Waals surface area contributed by atoms with Crippen LogP contribution < -0.4 is 10.2 Å². The molecule has 0 saturated carbocycles. The Labute approximate surface area is 133 Å². The zero-order chi connectivity index (χ0) is 16.2. The van der Waals surface area contributed by atoms with Gasteiger partial charge in [-0.1, -0.05) is 12.1 Å². The molecule has 0 unspecified atom stereocenters. The third-order valence-corrected chi connectivity index (χ3v) is 3.33. The number of hydrogen-bond donors (Lipinski definition) is 2. The predicted molar refractivity (Wildman–Crippen MR) is 90.2 cm³/mol. The molecule has 6 heteroatoms. The average Bonchev–Trinajstić information content (AvgIpc) is 2.56. The molecule has 1 heterocycles. The van der Waals surface area contributed by atoms with Crippen LogP contribution in [-0.2, 0) is 0 Å². The fraction of sp³-hybridized carbons (Fsp3) is 0.118. The Kier molecular flexibility index (Phi) is 4.05. The van der Waals surface area contributed by atoms with Gasteiger partial charge in [0, 0.05) is 0 Å². The van der Waals surface area contributed by atoms with Gasteiger partial charge in [-0.3, -0.25) is 5.43 Å². The van der Waals surface area contributed by atoms with Crippen molar-refractivity contribution in [2.75, 3.05) is 12.5 Å². The number of nitrogens with one attached hydrogen (secondary N) is 1. The van der Waals surface area contributed by atoms with Crippen LogP contribution in [0.1, 0.15) is 11.3 Å². The van der Waals surface area contributed by atoms with Crippen LogP contribution in [0.4, 0.5) is 5.82 Å². The molecule has 0 spiro atoms. The largest absolute Gasteiger partial charge is 0.504 e. The minimum Gasteiger partial charge on any atom is -0.504 e. The lowest BCUT2D eigenvalue weighted by Gasteiger charge is -2.06. The zero-order valence-corrected chi connectivity index (χ0v) is 12.8. The molecule has 0 bridgehead atoms. The van der Waals surface area contributed by atoms with Crippen LogP contribution in [0, 0.1) is 6.92 Å². The van der Waals surface area contributed by atoms with E-state index in [4.69, 9.17) is 4.74 Å². The van der Waals surface area contributed by atoms with Crippen LogP contribution in [0.3, 0.4) is 0 Å². The first-order valence-electron chi connectivity index (χ1n) is 7.07. The van der Waals surface area contributed by atoms with Crippen LogP contribution >= 0.6 is 0 Å². The number of hydrazone groups is 1. The molecule has 1 aromatic heterocycles. The van der Waals surface area contributed by atoms with Crippen LogP contribution in [0.5, 0.6) is 11.5 Å². The maximum absolute atomic E-state index is 9.57. The van der Waals surface area contributed by atoms with Gasteiger partial charge in [0.05, 0.1) is 30.1 Å². The summed E-state index contributed by atoms with van der Waals surface area (Å²) < 4.78 is 5.06. The number of phenols is 1. The van der Waals surface area contributed by atoms with Gasteiger partial charge in [0.1, 0.15) is 0 Å². The molecule has 0 aliphatic rings. The Morgan fingerprint density at radius 2 is 1.87 bits per heavy atom. The molecule has 2 N–H and O–H groups in total. The number of ether oxygens (including phenoxy) is 1. The third kappa shape index (κ3) is 3.21. The number of benzene rings is 2. The Hall–Kier alpha value is -3.15. The van der Waals surface area contributed by atoms with E-state index in [1.54, 1.807) is 24.4 Å². The maximum atomic E-state index is 9.57. The first kappa shape index (κ1) is 14.8. The van der Waals surface area contributed by atoms with Crippen molar-refractivity contribution < 1.29 is 9.84 Å². The summed E-state index contributed by atoms with van der Waals surface area (Å²) in [5.74, 6) is 1.09. The minimum atomic E-state index is 0.0915. The van der Waals surface area contributed by atoms with Crippen molar-refractivity contribution in [2.24, 2.45) is 5.10 Å². The quantitative estimate of drug-likeness (QED) is 0.572.